The average Bonchev–Trinajstić information content (AvgIpc) is 2.27. The Labute approximate surface area is 80.6 Å². The molecule has 2 heterocycles. The van der Waals surface area contributed by atoms with Gasteiger partial charge in [0.15, 0.2) is 25.4 Å². The molecule has 1 saturated heterocycles. The van der Waals surface area contributed by atoms with Crippen molar-refractivity contribution in [2.75, 3.05) is 20.2 Å². The monoisotopic (exact) mass is 204 g/mol. The van der Waals surface area contributed by atoms with Crippen molar-refractivity contribution in [2.24, 2.45) is 0 Å². The van der Waals surface area contributed by atoms with Gasteiger partial charge in [0.2, 0.25) is 0 Å². The van der Waals surface area contributed by atoms with E-state index in [1.807, 2.05) is 0 Å². The van der Waals surface area contributed by atoms with Gasteiger partial charge in [-0.1, -0.05) is 0 Å². The fraction of sp³-hybridized carbons (Fsp3) is 0.750. The molecule has 2 aliphatic rings. The van der Waals surface area contributed by atoms with Gasteiger partial charge < -0.3 is 29.2 Å². The third kappa shape index (κ3) is 1.69. The first-order valence-corrected chi connectivity index (χ1v) is 4.29. The highest BCUT2D eigenvalue weighted by atomic mass is 16.7. The largest absolute Gasteiger partial charge is 0.472 e. The summed E-state index contributed by atoms with van der Waals surface area (Å²) in [5.41, 5.74) is 0. The van der Waals surface area contributed by atoms with Crippen molar-refractivity contribution < 1.29 is 29.2 Å². The molecule has 3 atom stereocenters. The van der Waals surface area contributed by atoms with Crippen molar-refractivity contribution in [3.05, 3.63) is 12.0 Å². The van der Waals surface area contributed by atoms with E-state index in [2.05, 4.69) is 0 Å². The van der Waals surface area contributed by atoms with Crippen molar-refractivity contribution in [1.82, 2.24) is 0 Å². The van der Waals surface area contributed by atoms with E-state index >= 15 is 0 Å². The number of rotatable bonds is 2. The molecule has 0 radical (unpaired) electrons. The Morgan fingerprint density at radius 2 is 2.29 bits per heavy atom. The first kappa shape index (κ1) is 9.72. The number of aliphatic hydroxyl groups is 2. The highest BCUT2D eigenvalue weighted by Crippen LogP contribution is 2.25. The fourth-order valence-corrected chi connectivity index (χ4v) is 1.44. The standard InChI is InChI=1S/C8H12O6/c9-1-5(10)7-8-6(12-4-14-7)2-11-3-13-8/h2,5,7-10H,1,3-4H2. The Hall–Kier alpha value is -0.820. The van der Waals surface area contributed by atoms with Crippen LogP contribution in [0.15, 0.2) is 12.0 Å². The van der Waals surface area contributed by atoms with Crippen molar-refractivity contribution in [2.45, 2.75) is 18.3 Å². The van der Waals surface area contributed by atoms with Crippen molar-refractivity contribution in [1.29, 1.82) is 0 Å². The lowest BCUT2D eigenvalue weighted by Gasteiger charge is -2.36. The van der Waals surface area contributed by atoms with E-state index in [-0.39, 0.29) is 20.2 Å². The Balaban J connectivity index is 2.10. The Kier molecular flexibility index (Phi) is 2.87. The van der Waals surface area contributed by atoms with Crippen LogP contribution in [0.25, 0.3) is 0 Å². The van der Waals surface area contributed by atoms with Crippen LogP contribution in [0.2, 0.25) is 0 Å². The zero-order valence-corrected chi connectivity index (χ0v) is 7.46. The Bertz CT molecular complexity index is 228. The van der Waals surface area contributed by atoms with Crippen molar-refractivity contribution >= 4 is 0 Å². The molecule has 2 aliphatic heterocycles. The molecule has 80 valence electrons. The first-order chi connectivity index (χ1) is 6.83. The van der Waals surface area contributed by atoms with Gasteiger partial charge in [-0.25, -0.2) is 0 Å². The van der Waals surface area contributed by atoms with Gasteiger partial charge in [-0.05, 0) is 0 Å². The molecule has 0 aromatic rings. The number of aliphatic hydroxyl groups excluding tert-OH is 2. The maximum Gasteiger partial charge on any atom is 0.189 e. The summed E-state index contributed by atoms with van der Waals surface area (Å²) in [6.45, 7) is -0.259. The van der Waals surface area contributed by atoms with E-state index in [4.69, 9.17) is 24.1 Å². The number of hydrogen-bond acceptors (Lipinski definition) is 6. The summed E-state index contributed by atoms with van der Waals surface area (Å²) < 4.78 is 20.3. The van der Waals surface area contributed by atoms with Gasteiger partial charge in [0.05, 0.1) is 6.61 Å². The van der Waals surface area contributed by atoms with Crippen LogP contribution in [0.1, 0.15) is 0 Å². The molecule has 0 amide bonds. The third-order valence-electron chi connectivity index (χ3n) is 2.15. The molecule has 0 spiro atoms. The third-order valence-corrected chi connectivity index (χ3v) is 2.15. The quantitative estimate of drug-likeness (QED) is 0.596. The second-order valence-electron chi connectivity index (χ2n) is 3.04. The highest BCUT2D eigenvalue weighted by molar-refractivity contribution is 5.05. The molecule has 0 aromatic heterocycles. The summed E-state index contributed by atoms with van der Waals surface area (Å²) in [5.74, 6) is 0.486. The lowest BCUT2D eigenvalue weighted by Crippen LogP contribution is -2.49. The highest BCUT2D eigenvalue weighted by Gasteiger charge is 2.39. The zero-order valence-electron chi connectivity index (χ0n) is 7.46. The van der Waals surface area contributed by atoms with Gasteiger partial charge in [-0.2, -0.15) is 0 Å². The Morgan fingerprint density at radius 1 is 1.43 bits per heavy atom. The average molecular weight is 204 g/mol. The van der Waals surface area contributed by atoms with E-state index in [0.29, 0.717) is 5.76 Å². The molecule has 0 aromatic carbocycles. The number of fused-ring (bicyclic) bond motifs is 1. The van der Waals surface area contributed by atoms with Gasteiger partial charge >= 0.3 is 0 Å². The number of hydrogen-bond donors (Lipinski definition) is 2. The summed E-state index contributed by atoms with van der Waals surface area (Å²) in [5, 5.41) is 18.2. The molecule has 2 rings (SSSR count). The summed E-state index contributed by atoms with van der Waals surface area (Å²) in [6.07, 6.45) is -0.651. The topological polar surface area (TPSA) is 77.4 Å². The molecule has 0 saturated carbocycles. The second-order valence-corrected chi connectivity index (χ2v) is 3.04. The maximum atomic E-state index is 9.44. The molecule has 0 bridgehead atoms. The van der Waals surface area contributed by atoms with Crippen molar-refractivity contribution in [3.63, 3.8) is 0 Å². The number of ether oxygens (including phenoxy) is 4. The summed E-state index contributed by atoms with van der Waals surface area (Å²) in [4.78, 5) is 0. The lowest BCUT2D eigenvalue weighted by atomic mass is 10.1. The SMILES string of the molecule is OCC(O)C1OCOC2=COCOC21. The Morgan fingerprint density at radius 3 is 3.07 bits per heavy atom. The van der Waals surface area contributed by atoms with Crippen LogP contribution in [0.5, 0.6) is 0 Å². The van der Waals surface area contributed by atoms with Gasteiger partial charge in [-0.15, -0.1) is 0 Å². The van der Waals surface area contributed by atoms with Crippen LogP contribution in [0.3, 0.4) is 0 Å². The normalized spacial score (nSPS) is 33.4. The van der Waals surface area contributed by atoms with Gasteiger partial charge in [-0.3, -0.25) is 0 Å². The minimum atomic E-state index is -0.981. The van der Waals surface area contributed by atoms with Crippen LogP contribution in [0.4, 0.5) is 0 Å². The van der Waals surface area contributed by atoms with E-state index in [1.165, 1.54) is 6.26 Å². The minimum absolute atomic E-state index is 0.0246. The molecule has 14 heavy (non-hydrogen) atoms. The molecular weight excluding hydrogens is 192 g/mol. The predicted octanol–water partition coefficient (Wildman–Crippen LogP) is -1.07. The van der Waals surface area contributed by atoms with Crippen molar-refractivity contribution in [3.8, 4) is 0 Å². The fourth-order valence-electron chi connectivity index (χ4n) is 1.44. The molecule has 2 N–H and O–H groups in total. The maximum absolute atomic E-state index is 9.44. The van der Waals surface area contributed by atoms with Crippen LogP contribution < -0.4 is 0 Å². The molecule has 3 unspecified atom stereocenters. The smallest absolute Gasteiger partial charge is 0.189 e. The minimum Gasteiger partial charge on any atom is -0.472 e. The van der Waals surface area contributed by atoms with Gasteiger partial charge in [0.1, 0.15) is 18.5 Å². The summed E-state index contributed by atoms with van der Waals surface area (Å²) in [6, 6.07) is 0. The van der Waals surface area contributed by atoms with E-state index in [9.17, 15) is 5.11 Å². The van der Waals surface area contributed by atoms with Crippen LogP contribution in [-0.2, 0) is 18.9 Å². The van der Waals surface area contributed by atoms with Gasteiger partial charge in [0.25, 0.3) is 0 Å². The van der Waals surface area contributed by atoms with E-state index < -0.39 is 18.3 Å². The second kappa shape index (κ2) is 4.14. The molecule has 6 heteroatoms. The zero-order chi connectivity index (χ0) is 9.97. The molecular formula is C8H12O6. The van der Waals surface area contributed by atoms with Crippen LogP contribution in [0, 0.1) is 0 Å². The first-order valence-electron chi connectivity index (χ1n) is 4.29. The van der Waals surface area contributed by atoms with Crippen LogP contribution in [-0.4, -0.2) is 48.7 Å². The van der Waals surface area contributed by atoms with E-state index in [1.54, 1.807) is 0 Å². The molecule has 1 fully saturated rings. The molecule has 0 aliphatic carbocycles. The summed E-state index contributed by atoms with van der Waals surface area (Å²) in [7, 11) is 0. The predicted molar refractivity (Wildman–Crippen MR) is 42.8 cm³/mol. The lowest BCUT2D eigenvalue weighted by molar-refractivity contribution is -0.235. The van der Waals surface area contributed by atoms with Gasteiger partial charge in [0, 0.05) is 0 Å². The summed E-state index contributed by atoms with van der Waals surface area (Å²) >= 11 is 0. The molecule has 6 nitrogen and oxygen atoms in total. The van der Waals surface area contributed by atoms with Crippen LogP contribution >= 0.6 is 0 Å². The van der Waals surface area contributed by atoms with E-state index in [0.717, 1.165) is 0 Å².